The standard InChI is InChI=1S/C21H24N4O2/c1-14-22-19(27-25-14)13-15-7-5-6-8-18(15)24-20(26)23-17-11-9-16(10-12-17)21(2,3)4/h5-12H,13H2,1-4H3,(H2,23,24,26). The van der Waals surface area contributed by atoms with Crippen LogP contribution in [-0.2, 0) is 11.8 Å². The molecule has 0 unspecified atom stereocenters. The largest absolute Gasteiger partial charge is 0.339 e. The number of benzene rings is 2. The SMILES string of the molecule is Cc1noc(Cc2ccccc2NC(=O)Nc2ccc(C(C)(C)C)cc2)n1. The quantitative estimate of drug-likeness (QED) is 0.689. The van der Waals surface area contributed by atoms with Crippen molar-refractivity contribution in [3.8, 4) is 0 Å². The van der Waals surface area contributed by atoms with Crippen LogP contribution in [-0.4, -0.2) is 16.2 Å². The molecule has 2 N–H and O–H groups in total. The van der Waals surface area contributed by atoms with Crippen LogP contribution in [0.4, 0.5) is 16.2 Å². The molecule has 3 rings (SSSR count). The van der Waals surface area contributed by atoms with E-state index in [2.05, 4.69) is 41.5 Å². The number of nitrogens with one attached hydrogen (secondary N) is 2. The number of carbonyl (C=O) groups excluding carboxylic acids is 1. The van der Waals surface area contributed by atoms with E-state index in [0.717, 1.165) is 11.3 Å². The molecule has 0 aliphatic rings. The van der Waals surface area contributed by atoms with Gasteiger partial charge in [-0.25, -0.2) is 4.79 Å². The summed E-state index contributed by atoms with van der Waals surface area (Å²) in [5.41, 5.74) is 3.64. The van der Waals surface area contributed by atoms with Crippen LogP contribution in [0.1, 0.15) is 43.6 Å². The van der Waals surface area contributed by atoms with Crippen molar-refractivity contribution < 1.29 is 9.32 Å². The third kappa shape index (κ3) is 4.94. The van der Waals surface area contributed by atoms with Gasteiger partial charge in [0.2, 0.25) is 5.89 Å². The lowest BCUT2D eigenvalue weighted by Crippen LogP contribution is -2.20. The smallest absolute Gasteiger partial charge is 0.323 e. The van der Waals surface area contributed by atoms with Crippen molar-refractivity contribution in [2.45, 2.75) is 39.5 Å². The Labute approximate surface area is 159 Å². The van der Waals surface area contributed by atoms with E-state index in [-0.39, 0.29) is 11.4 Å². The number of amides is 2. The summed E-state index contributed by atoms with van der Waals surface area (Å²) in [6, 6.07) is 15.1. The molecular formula is C21H24N4O2. The molecule has 0 saturated carbocycles. The van der Waals surface area contributed by atoms with E-state index in [1.54, 1.807) is 6.92 Å². The first-order chi connectivity index (χ1) is 12.8. The number of aromatic nitrogens is 2. The van der Waals surface area contributed by atoms with E-state index in [9.17, 15) is 4.79 Å². The molecule has 0 fully saturated rings. The molecule has 0 bridgehead atoms. The van der Waals surface area contributed by atoms with Gasteiger partial charge in [-0.05, 0) is 41.7 Å². The van der Waals surface area contributed by atoms with Crippen LogP contribution in [0.15, 0.2) is 53.1 Å². The lowest BCUT2D eigenvalue weighted by Gasteiger charge is -2.19. The van der Waals surface area contributed by atoms with E-state index in [0.29, 0.717) is 23.8 Å². The molecule has 0 atom stereocenters. The van der Waals surface area contributed by atoms with Gasteiger partial charge in [0, 0.05) is 11.4 Å². The summed E-state index contributed by atoms with van der Waals surface area (Å²) < 4.78 is 5.17. The Hall–Kier alpha value is -3.15. The average molecular weight is 364 g/mol. The highest BCUT2D eigenvalue weighted by Crippen LogP contribution is 2.24. The van der Waals surface area contributed by atoms with Crippen LogP contribution < -0.4 is 10.6 Å². The summed E-state index contributed by atoms with van der Waals surface area (Å²) in [6.07, 6.45) is 0.456. The Bertz CT molecular complexity index is 924. The predicted molar refractivity (Wildman–Crippen MR) is 106 cm³/mol. The zero-order valence-corrected chi connectivity index (χ0v) is 16.0. The zero-order chi connectivity index (χ0) is 19.4. The van der Waals surface area contributed by atoms with Crippen LogP contribution in [0.5, 0.6) is 0 Å². The number of aryl methyl sites for hydroxylation is 1. The molecule has 0 aliphatic carbocycles. The van der Waals surface area contributed by atoms with E-state index >= 15 is 0 Å². The van der Waals surface area contributed by atoms with Gasteiger partial charge in [-0.2, -0.15) is 4.98 Å². The third-order valence-electron chi connectivity index (χ3n) is 4.19. The minimum atomic E-state index is -0.298. The monoisotopic (exact) mass is 364 g/mol. The van der Waals surface area contributed by atoms with Crippen LogP contribution >= 0.6 is 0 Å². The molecule has 1 heterocycles. The molecule has 1 aromatic heterocycles. The first-order valence-electron chi connectivity index (χ1n) is 8.87. The van der Waals surface area contributed by atoms with Crippen molar-refractivity contribution >= 4 is 17.4 Å². The second-order valence-corrected chi connectivity index (χ2v) is 7.48. The molecule has 2 aromatic carbocycles. The molecule has 0 spiro atoms. The maximum atomic E-state index is 12.4. The van der Waals surface area contributed by atoms with Crippen molar-refractivity contribution in [2.24, 2.45) is 0 Å². The van der Waals surface area contributed by atoms with E-state index in [1.165, 1.54) is 5.56 Å². The minimum Gasteiger partial charge on any atom is -0.339 e. The van der Waals surface area contributed by atoms with Crippen molar-refractivity contribution in [3.63, 3.8) is 0 Å². The maximum Gasteiger partial charge on any atom is 0.323 e. The number of hydrogen-bond donors (Lipinski definition) is 2. The van der Waals surface area contributed by atoms with Gasteiger partial charge in [0.15, 0.2) is 5.82 Å². The summed E-state index contributed by atoms with van der Waals surface area (Å²) in [6.45, 7) is 8.24. The molecule has 0 saturated heterocycles. The number of anilines is 2. The highest BCUT2D eigenvalue weighted by Gasteiger charge is 2.14. The summed E-state index contributed by atoms with van der Waals surface area (Å²) in [4.78, 5) is 16.6. The third-order valence-corrected chi connectivity index (χ3v) is 4.19. The Kier molecular flexibility index (Phi) is 5.26. The van der Waals surface area contributed by atoms with Gasteiger partial charge in [0.05, 0.1) is 6.42 Å². The Morgan fingerprint density at radius 3 is 2.37 bits per heavy atom. The highest BCUT2D eigenvalue weighted by atomic mass is 16.5. The summed E-state index contributed by atoms with van der Waals surface area (Å²) in [7, 11) is 0. The molecule has 140 valence electrons. The average Bonchev–Trinajstić information content (AvgIpc) is 3.01. The second-order valence-electron chi connectivity index (χ2n) is 7.48. The molecule has 27 heavy (non-hydrogen) atoms. The fourth-order valence-corrected chi connectivity index (χ4v) is 2.71. The van der Waals surface area contributed by atoms with Gasteiger partial charge in [-0.3, -0.25) is 0 Å². The van der Waals surface area contributed by atoms with Crippen LogP contribution in [0.2, 0.25) is 0 Å². The number of nitrogens with zero attached hydrogens (tertiary/aromatic N) is 2. The minimum absolute atomic E-state index is 0.0762. The predicted octanol–water partition coefficient (Wildman–Crippen LogP) is 4.91. The number of hydrogen-bond acceptors (Lipinski definition) is 4. The van der Waals surface area contributed by atoms with Gasteiger partial charge < -0.3 is 15.2 Å². The lowest BCUT2D eigenvalue weighted by atomic mass is 9.87. The fourth-order valence-electron chi connectivity index (χ4n) is 2.71. The molecule has 3 aromatic rings. The molecule has 2 amide bonds. The van der Waals surface area contributed by atoms with Gasteiger partial charge in [-0.1, -0.05) is 56.3 Å². The molecule has 6 nitrogen and oxygen atoms in total. The van der Waals surface area contributed by atoms with E-state index in [1.807, 2.05) is 48.5 Å². The summed E-state index contributed by atoms with van der Waals surface area (Å²) >= 11 is 0. The van der Waals surface area contributed by atoms with E-state index in [4.69, 9.17) is 4.52 Å². The molecule has 6 heteroatoms. The normalized spacial score (nSPS) is 11.3. The number of rotatable bonds is 4. The summed E-state index contributed by atoms with van der Waals surface area (Å²) in [5, 5.41) is 9.55. The number of urea groups is 1. The van der Waals surface area contributed by atoms with Crippen molar-refractivity contribution in [2.75, 3.05) is 10.6 Å². The number of carbonyl (C=O) groups is 1. The Balaban J connectivity index is 1.67. The Morgan fingerprint density at radius 1 is 1.04 bits per heavy atom. The molecular weight excluding hydrogens is 340 g/mol. The highest BCUT2D eigenvalue weighted by molar-refractivity contribution is 6.00. The van der Waals surface area contributed by atoms with Crippen molar-refractivity contribution in [1.29, 1.82) is 0 Å². The van der Waals surface area contributed by atoms with Crippen LogP contribution in [0.25, 0.3) is 0 Å². The molecule has 0 radical (unpaired) electrons. The topological polar surface area (TPSA) is 80.0 Å². The zero-order valence-electron chi connectivity index (χ0n) is 16.0. The van der Waals surface area contributed by atoms with Crippen LogP contribution in [0, 0.1) is 6.92 Å². The Morgan fingerprint density at radius 2 is 1.74 bits per heavy atom. The lowest BCUT2D eigenvalue weighted by molar-refractivity contribution is 0.262. The van der Waals surface area contributed by atoms with Gasteiger partial charge >= 0.3 is 6.03 Å². The second kappa shape index (κ2) is 7.61. The maximum absolute atomic E-state index is 12.4. The number of para-hydroxylation sites is 1. The molecule has 0 aliphatic heterocycles. The van der Waals surface area contributed by atoms with E-state index < -0.39 is 0 Å². The van der Waals surface area contributed by atoms with Crippen molar-refractivity contribution in [3.05, 3.63) is 71.4 Å². The fraction of sp³-hybridized carbons (Fsp3) is 0.286. The van der Waals surface area contributed by atoms with Gasteiger partial charge in [0.1, 0.15) is 0 Å². The first kappa shape index (κ1) is 18.6. The first-order valence-corrected chi connectivity index (χ1v) is 8.87. The van der Waals surface area contributed by atoms with Gasteiger partial charge in [0.25, 0.3) is 0 Å². The van der Waals surface area contributed by atoms with Crippen LogP contribution in [0.3, 0.4) is 0 Å². The summed E-state index contributed by atoms with van der Waals surface area (Å²) in [5.74, 6) is 1.10. The van der Waals surface area contributed by atoms with Crippen molar-refractivity contribution in [1.82, 2.24) is 10.1 Å². The van der Waals surface area contributed by atoms with Gasteiger partial charge in [-0.15, -0.1) is 0 Å².